The number of ether oxygens (including phenoxy) is 2. The third-order valence-corrected chi connectivity index (χ3v) is 12.3. The second kappa shape index (κ2) is 24.8. The topological polar surface area (TPSA) is 18.5 Å². The van der Waals surface area contributed by atoms with Crippen LogP contribution < -0.4 is 9.47 Å². The van der Waals surface area contributed by atoms with Crippen LogP contribution in [0, 0.1) is 0 Å². The first-order chi connectivity index (χ1) is 28.2. The van der Waals surface area contributed by atoms with Crippen molar-refractivity contribution in [2.24, 2.45) is 0 Å². The summed E-state index contributed by atoms with van der Waals surface area (Å²) in [7, 11) is 0. The van der Waals surface area contributed by atoms with Crippen LogP contribution in [-0.4, -0.2) is 13.2 Å². The number of hydrogen-bond donors (Lipinski definition) is 0. The van der Waals surface area contributed by atoms with Gasteiger partial charge in [0.1, 0.15) is 11.5 Å². The summed E-state index contributed by atoms with van der Waals surface area (Å²) in [6.45, 7) is 10.0. The molecule has 2 nitrogen and oxygen atoms in total. The smallest absolute Gasteiger partial charge is 0.124 e. The third kappa shape index (κ3) is 13.9. The molecule has 6 aromatic carbocycles. The van der Waals surface area contributed by atoms with E-state index in [1.165, 1.54) is 22.3 Å². The SMILES string of the molecule is CCC(C)c1ccc(OCCc2ccccc2)c(/C([S-])=C(/[S-])c2ccccc2)c1.CCC(C)c1ccc(OCCc2ccccc2)c(/C([S-])=C(/[S-])c2ccccc2)c1.[Ni]. The van der Waals surface area contributed by atoms with E-state index in [1.54, 1.807) is 0 Å². The molecule has 2 unspecified atom stereocenters. The Morgan fingerprint density at radius 3 is 1.08 bits per heavy atom. The minimum absolute atomic E-state index is 0. The zero-order chi connectivity index (χ0) is 41.3. The molecule has 0 heterocycles. The molecule has 310 valence electrons. The molecule has 0 aliphatic carbocycles. The Kier molecular flexibility index (Phi) is 19.9. The van der Waals surface area contributed by atoms with Gasteiger partial charge in [0.05, 0.1) is 13.2 Å². The third-order valence-electron chi connectivity index (χ3n) is 10.3. The van der Waals surface area contributed by atoms with E-state index in [-0.39, 0.29) is 16.5 Å². The fraction of sp³-hybridized carbons (Fsp3) is 0.231. The van der Waals surface area contributed by atoms with E-state index in [2.05, 4.69) is 100 Å². The van der Waals surface area contributed by atoms with E-state index >= 15 is 0 Å². The van der Waals surface area contributed by atoms with Gasteiger partial charge in [-0.2, -0.15) is 19.6 Å². The van der Waals surface area contributed by atoms with Crippen molar-refractivity contribution in [2.45, 2.75) is 65.2 Å². The monoisotopic (exact) mass is 894 g/mol. The normalized spacial score (nSPS) is 12.7. The van der Waals surface area contributed by atoms with Gasteiger partial charge in [0.25, 0.3) is 0 Å². The Bertz CT molecular complexity index is 2070. The zero-order valence-electron chi connectivity index (χ0n) is 34.2. The van der Waals surface area contributed by atoms with Gasteiger partial charge in [-0.25, -0.2) is 0 Å². The average Bonchev–Trinajstić information content (AvgIpc) is 3.29. The van der Waals surface area contributed by atoms with Crippen molar-refractivity contribution in [1.29, 1.82) is 0 Å². The Morgan fingerprint density at radius 2 is 0.763 bits per heavy atom. The zero-order valence-corrected chi connectivity index (χ0v) is 38.4. The fourth-order valence-corrected chi connectivity index (χ4v) is 7.37. The van der Waals surface area contributed by atoms with Crippen molar-refractivity contribution in [3.63, 3.8) is 0 Å². The van der Waals surface area contributed by atoms with Crippen LogP contribution in [0.25, 0.3) is 19.6 Å². The molecule has 7 heteroatoms. The summed E-state index contributed by atoms with van der Waals surface area (Å²) < 4.78 is 12.3. The number of rotatable bonds is 16. The van der Waals surface area contributed by atoms with E-state index in [9.17, 15) is 0 Å². The molecule has 0 aliphatic rings. The van der Waals surface area contributed by atoms with Crippen LogP contribution in [0.3, 0.4) is 0 Å². The maximum Gasteiger partial charge on any atom is 0.124 e. The van der Waals surface area contributed by atoms with Crippen molar-refractivity contribution in [3.8, 4) is 11.5 Å². The van der Waals surface area contributed by atoms with Crippen LogP contribution in [0.1, 0.15) is 96.9 Å². The van der Waals surface area contributed by atoms with Gasteiger partial charge < -0.3 is 60.0 Å². The molecule has 0 aliphatic heterocycles. The van der Waals surface area contributed by atoms with Gasteiger partial charge in [0.2, 0.25) is 0 Å². The minimum atomic E-state index is 0. The molecule has 0 saturated heterocycles. The molecule has 2 atom stereocenters. The summed E-state index contributed by atoms with van der Waals surface area (Å²) in [5, 5.41) is 0. The molecule has 59 heavy (non-hydrogen) atoms. The van der Waals surface area contributed by atoms with Gasteiger partial charge in [-0.1, -0.05) is 161 Å². The largest absolute Gasteiger partial charge is 0.780 e. The fourth-order valence-electron chi connectivity index (χ4n) is 6.32. The molecular formula is C52H52NiO2S4-4. The summed E-state index contributed by atoms with van der Waals surface area (Å²) in [5.41, 5.74) is 8.81. The van der Waals surface area contributed by atoms with Gasteiger partial charge in [0.15, 0.2) is 0 Å². The summed E-state index contributed by atoms with van der Waals surface area (Å²) >= 11 is 23.1. The van der Waals surface area contributed by atoms with Gasteiger partial charge in [-0.05, 0) is 93.5 Å². The molecular weight excluding hydrogens is 844 g/mol. The average molecular weight is 896 g/mol. The first-order valence-electron chi connectivity index (χ1n) is 20.1. The predicted molar refractivity (Wildman–Crippen MR) is 258 cm³/mol. The molecule has 0 radical (unpaired) electrons. The van der Waals surface area contributed by atoms with Crippen LogP contribution in [-0.2, 0) is 79.8 Å². The van der Waals surface area contributed by atoms with Crippen molar-refractivity contribution in [1.82, 2.24) is 0 Å². The van der Waals surface area contributed by atoms with Gasteiger partial charge in [-0.3, -0.25) is 0 Å². The summed E-state index contributed by atoms with van der Waals surface area (Å²) in [5.74, 6) is 2.52. The van der Waals surface area contributed by atoms with E-state index in [1.807, 2.05) is 84.9 Å². The Hall–Kier alpha value is -4.23. The first-order valence-corrected chi connectivity index (χ1v) is 21.7. The van der Waals surface area contributed by atoms with Gasteiger partial charge >= 0.3 is 0 Å². The Morgan fingerprint density at radius 1 is 0.441 bits per heavy atom. The van der Waals surface area contributed by atoms with Crippen LogP contribution >= 0.6 is 0 Å². The quantitative estimate of drug-likeness (QED) is 0.0543. The standard InChI is InChI=1S/2C26H28OS2.Ni/c2*1-3-19(2)22-14-15-24(27-17-16-20-10-6-4-7-11-20)23(18-22)26(29)25(28)21-12-8-5-9-13-21;/h2*4-15,18-19,28-29H,3,16-17H2,1-2H3;/p-4/b2*26-25-;. The maximum atomic E-state index is 6.17. The molecule has 0 aromatic heterocycles. The summed E-state index contributed by atoms with van der Waals surface area (Å²) in [6, 6.07) is 53.3. The van der Waals surface area contributed by atoms with E-state index < -0.39 is 0 Å². The van der Waals surface area contributed by atoms with Crippen molar-refractivity contribution < 1.29 is 26.0 Å². The van der Waals surface area contributed by atoms with Crippen molar-refractivity contribution in [3.05, 3.63) is 202 Å². The second-order valence-electron chi connectivity index (χ2n) is 14.3. The first kappa shape index (κ1) is 47.5. The molecule has 6 rings (SSSR count). The number of benzene rings is 6. The molecule has 6 aromatic rings. The predicted octanol–water partition coefficient (Wildman–Crippen LogP) is 13.5. The molecule has 0 amide bonds. The van der Waals surface area contributed by atoms with Crippen LogP contribution in [0.15, 0.2) is 158 Å². The number of hydrogen-bond acceptors (Lipinski definition) is 6. The van der Waals surface area contributed by atoms with E-state index in [0.717, 1.165) is 59.4 Å². The Balaban J connectivity index is 0.000000256. The Labute approximate surface area is 385 Å². The molecule has 0 N–H and O–H groups in total. The van der Waals surface area contributed by atoms with Crippen LogP contribution in [0.4, 0.5) is 0 Å². The second-order valence-corrected chi connectivity index (χ2v) is 16.0. The van der Waals surface area contributed by atoms with Gasteiger partial charge in [-0.15, -0.1) is 0 Å². The van der Waals surface area contributed by atoms with Crippen molar-refractivity contribution in [2.75, 3.05) is 13.2 Å². The van der Waals surface area contributed by atoms with Crippen LogP contribution in [0.5, 0.6) is 11.5 Å². The molecule has 0 spiro atoms. The maximum absolute atomic E-state index is 6.17. The molecule has 0 saturated carbocycles. The van der Waals surface area contributed by atoms with E-state index in [4.69, 9.17) is 60.0 Å². The van der Waals surface area contributed by atoms with E-state index in [0.29, 0.717) is 44.7 Å². The molecule has 0 fully saturated rings. The van der Waals surface area contributed by atoms with Crippen LogP contribution in [0.2, 0.25) is 0 Å². The van der Waals surface area contributed by atoms with Crippen molar-refractivity contribution >= 4 is 70.1 Å². The summed E-state index contributed by atoms with van der Waals surface area (Å²) in [4.78, 5) is 2.72. The minimum Gasteiger partial charge on any atom is -0.780 e. The molecule has 0 bridgehead atoms. The summed E-state index contributed by atoms with van der Waals surface area (Å²) in [6.07, 6.45) is 3.85. The van der Waals surface area contributed by atoms with Gasteiger partial charge in [0, 0.05) is 29.3 Å².